The van der Waals surface area contributed by atoms with Crippen molar-refractivity contribution in [2.24, 2.45) is 0 Å². The summed E-state index contributed by atoms with van der Waals surface area (Å²) in [4.78, 5) is 27.6. The maximum atomic E-state index is 12.9. The first-order valence-corrected chi connectivity index (χ1v) is 7.46. The van der Waals surface area contributed by atoms with Crippen LogP contribution in [0.5, 0.6) is 0 Å². The molecule has 2 aromatic rings. The number of benzene rings is 1. The van der Waals surface area contributed by atoms with Crippen molar-refractivity contribution < 1.29 is 14.0 Å². The van der Waals surface area contributed by atoms with Gasteiger partial charge in [-0.3, -0.25) is 9.59 Å². The summed E-state index contributed by atoms with van der Waals surface area (Å²) in [6.45, 7) is 1.94. The van der Waals surface area contributed by atoms with Gasteiger partial charge in [-0.1, -0.05) is 29.8 Å². The molecule has 1 N–H and O–H groups in total. The largest absolute Gasteiger partial charge is 0.310 e. The summed E-state index contributed by atoms with van der Waals surface area (Å²) >= 11 is 3.11. The number of Topliss-reactive ketones (excluding diaryl/α,β-unsaturated/α-hetero) is 1. The van der Waals surface area contributed by atoms with Gasteiger partial charge in [-0.05, 0) is 28.9 Å². The predicted octanol–water partition coefficient (Wildman–Crippen LogP) is 3.89. The van der Waals surface area contributed by atoms with E-state index >= 15 is 0 Å². The third kappa shape index (κ3) is 4.46. The average Bonchev–Trinajstić information content (AvgIpc) is 2.48. The van der Waals surface area contributed by atoms with Gasteiger partial charge in [0.05, 0.1) is 10.7 Å². The van der Waals surface area contributed by atoms with Gasteiger partial charge in [0.1, 0.15) is 11.6 Å². The van der Waals surface area contributed by atoms with Crippen LogP contribution < -0.4 is 5.32 Å². The van der Waals surface area contributed by atoms with E-state index in [0.717, 1.165) is 11.8 Å². The third-order valence-corrected chi connectivity index (χ3v) is 3.62. The zero-order valence-electron chi connectivity index (χ0n) is 11.9. The molecule has 22 heavy (non-hydrogen) atoms. The number of nitrogens with zero attached hydrogens (tertiary/aromatic N) is 1. The molecule has 0 radical (unpaired) electrons. The standard InChI is InChI=1S/C16H14BrFN2O2/c1-10-2-4-11(5-3-10)14(21)6-7-15(22)20-16-13(17)8-12(18)9-19-16/h2-5,8-9H,6-7H2,1H3,(H,19,20,22). The fraction of sp³-hybridized carbons (Fsp3) is 0.188. The lowest BCUT2D eigenvalue weighted by Gasteiger charge is -2.06. The van der Waals surface area contributed by atoms with Gasteiger partial charge in [0, 0.05) is 18.4 Å². The summed E-state index contributed by atoms with van der Waals surface area (Å²) in [5.41, 5.74) is 1.65. The number of amides is 1. The molecule has 1 heterocycles. The summed E-state index contributed by atoms with van der Waals surface area (Å²) in [5.74, 6) is -0.713. The molecule has 114 valence electrons. The van der Waals surface area contributed by atoms with Gasteiger partial charge in [0.15, 0.2) is 5.78 Å². The lowest BCUT2D eigenvalue weighted by atomic mass is 10.1. The van der Waals surface area contributed by atoms with Crippen molar-refractivity contribution in [3.63, 3.8) is 0 Å². The molecule has 0 saturated carbocycles. The molecule has 0 spiro atoms. The molecule has 4 nitrogen and oxygen atoms in total. The number of carbonyl (C=O) groups is 2. The molecule has 1 amide bonds. The molecular weight excluding hydrogens is 351 g/mol. The van der Waals surface area contributed by atoms with Gasteiger partial charge in [0.2, 0.25) is 5.91 Å². The Hall–Kier alpha value is -2.08. The molecule has 1 aromatic heterocycles. The first-order chi connectivity index (χ1) is 10.5. The van der Waals surface area contributed by atoms with Crippen molar-refractivity contribution in [2.45, 2.75) is 19.8 Å². The highest BCUT2D eigenvalue weighted by atomic mass is 79.9. The molecule has 0 unspecified atom stereocenters. The number of hydrogen-bond acceptors (Lipinski definition) is 3. The molecule has 0 bridgehead atoms. The van der Waals surface area contributed by atoms with Crippen LogP contribution in [0.3, 0.4) is 0 Å². The number of aromatic nitrogens is 1. The Balaban J connectivity index is 1.89. The molecule has 0 fully saturated rings. The molecule has 0 aliphatic rings. The van der Waals surface area contributed by atoms with Crippen LogP contribution in [0.1, 0.15) is 28.8 Å². The van der Waals surface area contributed by atoms with Crippen LogP contribution in [0, 0.1) is 12.7 Å². The van der Waals surface area contributed by atoms with Crippen LogP contribution in [0.2, 0.25) is 0 Å². The zero-order chi connectivity index (χ0) is 16.1. The van der Waals surface area contributed by atoms with E-state index in [-0.39, 0.29) is 30.3 Å². The fourth-order valence-corrected chi connectivity index (χ4v) is 2.23. The lowest BCUT2D eigenvalue weighted by molar-refractivity contribution is -0.116. The Morgan fingerprint density at radius 2 is 1.91 bits per heavy atom. The van der Waals surface area contributed by atoms with E-state index in [1.54, 1.807) is 12.1 Å². The Bertz CT molecular complexity index is 702. The minimum Gasteiger partial charge on any atom is -0.310 e. The van der Waals surface area contributed by atoms with E-state index in [0.29, 0.717) is 10.0 Å². The van der Waals surface area contributed by atoms with E-state index < -0.39 is 5.82 Å². The van der Waals surface area contributed by atoms with Crippen LogP contribution >= 0.6 is 15.9 Å². The highest BCUT2D eigenvalue weighted by Gasteiger charge is 2.11. The summed E-state index contributed by atoms with van der Waals surface area (Å²) in [7, 11) is 0. The topological polar surface area (TPSA) is 59.1 Å². The molecule has 0 aliphatic carbocycles. The van der Waals surface area contributed by atoms with Gasteiger partial charge < -0.3 is 5.32 Å². The Morgan fingerprint density at radius 1 is 1.23 bits per heavy atom. The number of ketones is 1. The first kappa shape index (κ1) is 16.3. The van der Waals surface area contributed by atoms with Crippen molar-refractivity contribution in [3.8, 4) is 0 Å². The van der Waals surface area contributed by atoms with Gasteiger partial charge in [-0.15, -0.1) is 0 Å². The van der Waals surface area contributed by atoms with Gasteiger partial charge in [0.25, 0.3) is 0 Å². The quantitative estimate of drug-likeness (QED) is 0.818. The van der Waals surface area contributed by atoms with Crippen LogP contribution in [0.4, 0.5) is 10.2 Å². The highest BCUT2D eigenvalue weighted by molar-refractivity contribution is 9.10. The molecule has 0 saturated heterocycles. The SMILES string of the molecule is Cc1ccc(C(=O)CCC(=O)Nc2ncc(F)cc2Br)cc1. The van der Waals surface area contributed by atoms with E-state index in [2.05, 4.69) is 26.2 Å². The molecule has 0 aliphatic heterocycles. The van der Waals surface area contributed by atoms with Crippen LogP contribution in [-0.4, -0.2) is 16.7 Å². The summed E-state index contributed by atoms with van der Waals surface area (Å²) in [5, 5.41) is 2.54. The number of nitrogens with one attached hydrogen (secondary N) is 1. The Labute approximate surface area is 135 Å². The van der Waals surface area contributed by atoms with Crippen LogP contribution in [0.15, 0.2) is 41.0 Å². The summed E-state index contributed by atoms with van der Waals surface area (Å²) < 4.78 is 13.3. The second-order valence-corrected chi connectivity index (χ2v) is 5.68. The summed E-state index contributed by atoms with van der Waals surface area (Å²) in [6.07, 6.45) is 1.16. The van der Waals surface area contributed by atoms with Gasteiger partial charge in [-0.25, -0.2) is 9.37 Å². The molecular formula is C16H14BrFN2O2. The number of hydrogen-bond donors (Lipinski definition) is 1. The number of halogens is 2. The van der Waals surface area contributed by atoms with Crippen molar-refractivity contribution in [3.05, 3.63) is 57.9 Å². The van der Waals surface area contributed by atoms with Crippen molar-refractivity contribution >= 4 is 33.4 Å². The Morgan fingerprint density at radius 3 is 2.55 bits per heavy atom. The monoisotopic (exact) mass is 364 g/mol. The minimum atomic E-state index is -0.501. The smallest absolute Gasteiger partial charge is 0.226 e. The van der Waals surface area contributed by atoms with Crippen molar-refractivity contribution in [1.82, 2.24) is 4.98 Å². The molecule has 0 atom stereocenters. The molecule has 6 heteroatoms. The maximum Gasteiger partial charge on any atom is 0.226 e. The van der Waals surface area contributed by atoms with Crippen molar-refractivity contribution in [1.29, 1.82) is 0 Å². The number of aryl methyl sites for hydroxylation is 1. The fourth-order valence-electron chi connectivity index (χ4n) is 1.81. The number of pyridine rings is 1. The highest BCUT2D eigenvalue weighted by Crippen LogP contribution is 2.20. The van der Waals surface area contributed by atoms with Gasteiger partial charge >= 0.3 is 0 Å². The third-order valence-electron chi connectivity index (χ3n) is 3.02. The zero-order valence-corrected chi connectivity index (χ0v) is 13.5. The predicted molar refractivity (Wildman–Crippen MR) is 85.3 cm³/mol. The number of carbonyl (C=O) groups excluding carboxylic acids is 2. The second kappa shape index (κ2) is 7.26. The average molecular weight is 365 g/mol. The lowest BCUT2D eigenvalue weighted by Crippen LogP contribution is -2.15. The second-order valence-electron chi connectivity index (χ2n) is 4.82. The van der Waals surface area contributed by atoms with Gasteiger partial charge in [-0.2, -0.15) is 0 Å². The minimum absolute atomic E-state index is 0.0399. The molecule has 1 aromatic carbocycles. The number of rotatable bonds is 5. The van der Waals surface area contributed by atoms with E-state index in [1.165, 1.54) is 6.07 Å². The normalized spacial score (nSPS) is 10.3. The van der Waals surface area contributed by atoms with Crippen LogP contribution in [-0.2, 0) is 4.79 Å². The molecule has 2 rings (SSSR count). The maximum absolute atomic E-state index is 12.9. The van der Waals surface area contributed by atoms with E-state index in [1.807, 2.05) is 19.1 Å². The van der Waals surface area contributed by atoms with E-state index in [4.69, 9.17) is 0 Å². The number of anilines is 1. The van der Waals surface area contributed by atoms with E-state index in [9.17, 15) is 14.0 Å². The first-order valence-electron chi connectivity index (χ1n) is 6.66. The van der Waals surface area contributed by atoms with Crippen molar-refractivity contribution in [2.75, 3.05) is 5.32 Å². The summed E-state index contributed by atoms with van der Waals surface area (Å²) in [6, 6.07) is 8.40. The van der Waals surface area contributed by atoms with Crippen LogP contribution in [0.25, 0.3) is 0 Å². The Kier molecular flexibility index (Phi) is 5.38.